The molecule has 4 rings (SSSR count). The zero-order chi connectivity index (χ0) is 22.5. The molecule has 0 aliphatic carbocycles. The van der Waals surface area contributed by atoms with Gasteiger partial charge in [-0.25, -0.2) is 4.98 Å². The van der Waals surface area contributed by atoms with Crippen molar-refractivity contribution >= 4 is 51.9 Å². The van der Waals surface area contributed by atoms with E-state index in [-0.39, 0.29) is 24.1 Å². The molecule has 6 nitrogen and oxygen atoms in total. The van der Waals surface area contributed by atoms with E-state index < -0.39 is 0 Å². The first kappa shape index (κ1) is 22.3. The van der Waals surface area contributed by atoms with Gasteiger partial charge in [-0.1, -0.05) is 42.1 Å². The second-order valence-electron chi connectivity index (χ2n) is 7.10. The van der Waals surface area contributed by atoms with Gasteiger partial charge in [0.05, 0.1) is 27.7 Å². The van der Waals surface area contributed by atoms with Crippen molar-refractivity contribution in [3.63, 3.8) is 0 Å². The lowest BCUT2D eigenvalue weighted by Crippen LogP contribution is -2.34. The second-order valence-corrected chi connectivity index (χ2v) is 9.96. The van der Waals surface area contributed by atoms with Crippen molar-refractivity contribution < 1.29 is 9.59 Å². The number of nitrogens with zero attached hydrogens (tertiary/aromatic N) is 1. The molecule has 0 unspecified atom stereocenters. The van der Waals surface area contributed by atoms with Gasteiger partial charge in [-0.2, -0.15) is 0 Å². The number of hydrogen-bond acceptors (Lipinski definition) is 6. The van der Waals surface area contributed by atoms with Crippen molar-refractivity contribution in [3.8, 4) is 21.1 Å². The molecule has 164 valence electrons. The number of aromatic amines is 1. The summed E-state index contributed by atoms with van der Waals surface area (Å²) in [5.41, 5.74) is 4.61. The molecule has 3 N–H and O–H groups in total. The third kappa shape index (κ3) is 5.29. The number of hydrogen-bond donors (Lipinski definition) is 3. The molecule has 0 radical (unpaired) electrons. The Morgan fingerprint density at radius 1 is 0.969 bits per heavy atom. The Kier molecular flexibility index (Phi) is 7.09. The topological polar surface area (TPSA) is 86.9 Å². The normalized spacial score (nSPS) is 10.8. The minimum Gasteiger partial charge on any atom is -0.346 e. The van der Waals surface area contributed by atoms with E-state index in [0.29, 0.717) is 5.16 Å². The van der Waals surface area contributed by atoms with Crippen LogP contribution in [0.3, 0.4) is 0 Å². The summed E-state index contributed by atoms with van der Waals surface area (Å²) in [7, 11) is 0. The van der Waals surface area contributed by atoms with Crippen LogP contribution in [0, 0.1) is 13.8 Å². The zero-order valence-corrected chi connectivity index (χ0v) is 20.0. The first-order chi connectivity index (χ1) is 15.5. The highest BCUT2D eigenvalue weighted by Gasteiger charge is 2.17. The van der Waals surface area contributed by atoms with Crippen molar-refractivity contribution in [3.05, 3.63) is 64.4 Å². The maximum absolute atomic E-state index is 12.3. The minimum atomic E-state index is -0.251. The van der Waals surface area contributed by atoms with Crippen LogP contribution in [0.4, 0.5) is 5.69 Å². The summed E-state index contributed by atoms with van der Waals surface area (Å²) in [5.74, 6) is -0.310. The van der Waals surface area contributed by atoms with E-state index in [4.69, 9.17) is 4.98 Å². The first-order valence-corrected chi connectivity index (χ1v) is 12.7. The van der Waals surface area contributed by atoms with Crippen LogP contribution in [0.25, 0.3) is 21.1 Å². The Hall–Kier alpha value is -2.88. The third-order valence-corrected chi connectivity index (χ3v) is 7.37. The summed E-state index contributed by atoms with van der Waals surface area (Å²) in [6.45, 7) is 3.80. The largest absolute Gasteiger partial charge is 0.346 e. The molecule has 0 fully saturated rings. The Balaban J connectivity index is 1.34. The van der Waals surface area contributed by atoms with Gasteiger partial charge in [0.2, 0.25) is 11.8 Å². The molecule has 4 aromatic rings. The number of amides is 2. The molecule has 0 saturated carbocycles. The SMILES string of the molecule is Cc1cccc(C)c1NC(=O)CNC(=O)CSc1nc(-c2cccs2)c(-c2cccs2)[nH]1. The van der Waals surface area contributed by atoms with Gasteiger partial charge in [0.1, 0.15) is 5.69 Å². The number of para-hydroxylation sites is 1. The van der Waals surface area contributed by atoms with Gasteiger partial charge < -0.3 is 15.6 Å². The fourth-order valence-corrected chi connectivity index (χ4v) is 5.32. The second kappa shape index (κ2) is 10.2. The van der Waals surface area contributed by atoms with Crippen LogP contribution in [-0.4, -0.2) is 34.1 Å². The van der Waals surface area contributed by atoms with Crippen LogP contribution in [0.5, 0.6) is 0 Å². The number of aryl methyl sites for hydroxylation is 2. The molecule has 2 amide bonds. The van der Waals surface area contributed by atoms with E-state index in [1.165, 1.54) is 11.8 Å². The summed E-state index contributed by atoms with van der Waals surface area (Å²) < 4.78 is 0. The third-order valence-electron chi connectivity index (χ3n) is 4.74. The van der Waals surface area contributed by atoms with Crippen molar-refractivity contribution in [1.29, 1.82) is 0 Å². The Bertz CT molecular complexity index is 1140. The van der Waals surface area contributed by atoms with E-state index >= 15 is 0 Å². The molecule has 1 aromatic carbocycles. The molecule has 3 aromatic heterocycles. The number of nitrogens with one attached hydrogen (secondary N) is 3. The lowest BCUT2D eigenvalue weighted by atomic mass is 10.1. The number of anilines is 1. The molecule has 32 heavy (non-hydrogen) atoms. The molecule has 0 aliphatic rings. The maximum Gasteiger partial charge on any atom is 0.243 e. The molecule has 0 saturated heterocycles. The minimum absolute atomic E-state index is 0.0772. The zero-order valence-electron chi connectivity index (χ0n) is 17.6. The number of imidazole rings is 1. The van der Waals surface area contributed by atoms with Gasteiger partial charge in [0.25, 0.3) is 0 Å². The summed E-state index contributed by atoms with van der Waals surface area (Å²) in [4.78, 5) is 34.8. The molecule has 0 atom stereocenters. The fourth-order valence-electron chi connectivity index (χ4n) is 3.17. The highest BCUT2D eigenvalue weighted by molar-refractivity contribution is 7.99. The summed E-state index contributed by atoms with van der Waals surface area (Å²) in [6, 6.07) is 13.9. The number of carbonyl (C=O) groups excluding carboxylic acids is 2. The molecule has 0 spiro atoms. The molecule has 9 heteroatoms. The number of thiophene rings is 2. The summed E-state index contributed by atoms with van der Waals surface area (Å²) in [6.07, 6.45) is 0. The van der Waals surface area contributed by atoms with E-state index in [1.807, 2.05) is 67.1 Å². The van der Waals surface area contributed by atoms with Crippen molar-refractivity contribution in [1.82, 2.24) is 15.3 Å². The number of H-pyrrole nitrogens is 1. The number of benzene rings is 1. The molecule has 0 bridgehead atoms. The van der Waals surface area contributed by atoms with Crippen molar-refractivity contribution in [2.45, 2.75) is 19.0 Å². The highest BCUT2D eigenvalue weighted by atomic mass is 32.2. The van der Waals surface area contributed by atoms with Crippen LogP contribution >= 0.6 is 34.4 Å². The number of aromatic nitrogens is 2. The smallest absolute Gasteiger partial charge is 0.243 e. The van der Waals surface area contributed by atoms with E-state index in [2.05, 4.69) is 15.6 Å². The molecule has 3 heterocycles. The van der Waals surface area contributed by atoms with Crippen molar-refractivity contribution in [2.75, 3.05) is 17.6 Å². The van der Waals surface area contributed by atoms with Crippen LogP contribution < -0.4 is 10.6 Å². The average Bonchev–Trinajstić information content (AvgIpc) is 3.54. The summed E-state index contributed by atoms with van der Waals surface area (Å²) >= 11 is 4.59. The molecular weight excluding hydrogens is 460 g/mol. The van der Waals surface area contributed by atoms with Crippen LogP contribution in [0.1, 0.15) is 11.1 Å². The number of carbonyl (C=O) groups is 2. The lowest BCUT2D eigenvalue weighted by Gasteiger charge is -2.11. The quantitative estimate of drug-likeness (QED) is 0.296. The Labute approximate surface area is 198 Å². The Morgan fingerprint density at radius 2 is 1.66 bits per heavy atom. The number of thioether (sulfide) groups is 1. The fraction of sp³-hybridized carbons (Fsp3) is 0.174. The van der Waals surface area contributed by atoms with Gasteiger partial charge in [0.15, 0.2) is 5.16 Å². The van der Waals surface area contributed by atoms with Gasteiger partial charge in [0, 0.05) is 5.69 Å². The van der Waals surface area contributed by atoms with E-state index in [1.54, 1.807) is 22.7 Å². The van der Waals surface area contributed by atoms with Gasteiger partial charge >= 0.3 is 0 Å². The number of rotatable bonds is 8. The van der Waals surface area contributed by atoms with Crippen LogP contribution in [0.15, 0.2) is 58.4 Å². The lowest BCUT2D eigenvalue weighted by molar-refractivity contribution is -0.122. The Morgan fingerprint density at radius 3 is 2.31 bits per heavy atom. The van der Waals surface area contributed by atoms with E-state index in [0.717, 1.165) is 38.0 Å². The van der Waals surface area contributed by atoms with Gasteiger partial charge in [-0.05, 0) is 47.9 Å². The molecular formula is C23H22N4O2S3. The van der Waals surface area contributed by atoms with Crippen LogP contribution in [0.2, 0.25) is 0 Å². The van der Waals surface area contributed by atoms with E-state index in [9.17, 15) is 9.59 Å². The average molecular weight is 483 g/mol. The monoisotopic (exact) mass is 482 g/mol. The molecule has 0 aliphatic heterocycles. The van der Waals surface area contributed by atoms with Gasteiger partial charge in [-0.15, -0.1) is 22.7 Å². The maximum atomic E-state index is 12.3. The predicted octanol–water partition coefficient (Wildman–Crippen LogP) is 5.33. The van der Waals surface area contributed by atoms with Gasteiger partial charge in [-0.3, -0.25) is 9.59 Å². The first-order valence-electron chi connectivity index (χ1n) is 9.94. The highest BCUT2D eigenvalue weighted by Crippen LogP contribution is 2.36. The predicted molar refractivity (Wildman–Crippen MR) is 133 cm³/mol. The van der Waals surface area contributed by atoms with Crippen molar-refractivity contribution in [2.24, 2.45) is 0 Å². The standard InChI is InChI=1S/C23H22N4O2S3/c1-14-6-3-7-15(2)20(14)25-18(28)12-24-19(29)13-32-23-26-21(16-8-4-10-30-16)22(27-23)17-9-5-11-31-17/h3-11H,12-13H2,1-2H3,(H,24,29)(H,25,28)(H,26,27). The summed E-state index contributed by atoms with van der Waals surface area (Å²) in [5, 5.41) is 10.3. The van der Waals surface area contributed by atoms with Crippen LogP contribution in [-0.2, 0) is 9.59 Å².